The predicted molar refractivity (Wildman–Crippen MR) is 51.6 cm³/mol. The normalized spacial score (nSPS) is 10.7. The summed E-state index contributed by atoms with van der Waals surface area (Å²) in [6.45, 7) is -0.747. The van der Waals surface area contributed by atoms with Crippen LogP contribution in [0.2, 0.25) is 5.15 Å². The van der Waals surface area contributed by atoms with Crippen molar-refractivity contribution in [2.24, 2.45) is 0 Å². The van der Waals surface area contributed by atoms with Crippen LogP contribution in [-0.4, -0.2) is 15.0 Å². The molecule has 72 valence electrons. The molecule has 2 aromatic heterocycles. The highest BCUT2D eigenvalue weighted by molar-refractivity contribution is 6.29. The van der Waals surface area contributed by atoms with Gasteiger partial charge in [-0.1, -0.05) is 11.6 Å². The van der Waals surface area contributed by atoms with Crippen LogP contribution >= 0.6 is 11.6 Å². The maximum absolute atomic E-state index is 12.3. The molecule has 0 saturated heterocycles. The first kappa shape index (κ1) is 9.08. The SMILES string of the molecule is Nc1nc(CF)nc2ccc(Cl)nc12. The smallest absolute Gasteiger partial charge is 0.162 e. The summed E-state index contributed by atoms with van der Waals surface area (Å²) in [5, 5.41) is 0.306. The van der Waals surface area contributed by atoms with Crippen LogP contribution in [0.5, 0.6) is 0 Å². The molecule has 0 aliphatic rings. The molecule has 6 heteroatoms. The molecule has 0 amide bonds. The van der Waals surface area contributed by atoms with Gasteiger partial charge in [-0.25, -0.2) is 19.3 Å². The molecule has 2 N–H and O–H groups in total. The molecule has 0 fully saturated rings. The van der Waals surface area contributed by atoms with Crippen LogP contribution in [0, 0.1) is 0 Å². The molecule has 4 nitrogen and oxygen atoms in total. The van der Waals surface area contributed by atoms with Crippen LogP contribution in [0.25, 0.3) is 11.0 Å². The van der Waals surface area contributed by atoms with Gasteiger partial charge in [0.05, 0.1) is 5.52 Å². The maximum atomic E-state index is 12.3. The second-order valence-electron chi connectivity index (χ2n) is 2.66. The highest BCUT2D eigenvalue weighted by Gasteiger charge is 2.06. The van der Waals surface area contributed by atoms with E-state index in [9.17, 15) is 4.39 Å². The minimum atomic E-state index is -0.747. The zero-order valence-electron chi connectivity index (χ0n) is 7.04. The van der Waals surface area contributed by atoms with Crippen LogP contribution in [-0.2, 0) is 6.67 Å². The summed E-state index contributed by atoms with van der Waals surface area (Å²) >= 11 is 5.67. The lowest BCUT2D eigenvalue weighted by Crippen LogP contribution is -2.00. The number of fused-ring (bicyclic) bond motifs is 1. The number of halogens is 2. The van der Waals surface area contributed by atoms with Crippen molar-refractivity contribution in [2.75, 3.05) is 5.73 Å². The molecule has 0 radical (unpaired) electrons. The van der Waals surface area contributed by atoms with E-state index in [2.05, 4.69) is 15.0 Å². The van der Waals surface area contributed by atoms with E-state index in [4.69, 9.17) is 17.3 Å². The van der Waals surface area contributed by atoms with Crippen LogP contribution in [0.1, 0.15) is 5.82 Å². The number of nitrogens with zero attached hydrogens (tertiary/aromatic N) is 3. The quantitative estimate of drug-likeness (QED) is 0.732. The van der Waals surface area contributed by atoms with Crippen molar-refractivity contribution in [3.05, 3.63) is 23.1 Å². The van der Waals surface area contributed by atoms with Crippen molar-refractivity contribution >= 4 is 28.5 Å². The third-order valence-corrected chi connectivity index (χ3v) is 1.91. The van der Waals surface area contributed by atoms with Crippen molar-refractivity contribution in [2.45, 2.75) is 6.67 Å². The first-order valence-electron chi connectivity index (χ1n) is 3.85. The molecular formula is C8H6ClFN4. The fourth-order valence-electron chi connectivity index (χ4n) is 1.12. The fourth-order valence-corrected chi connectivity index (χ4v) is 1.27. The summed E-state index contributed by atoms with van der Waals surface area (Å²) in [7, 11) is 0. The van der Waals surface area contributed by atoms with Gasteiger partial charge in [0.2, 0.25) is 0 Å². The van der Waals surface area contributed by atoms with Crippen LogP contribution < -0.4 is 5.73 Å². The third-order valence-electron chi connectivity index (χ3n) is 1.70. The van der Waals surface area contributed by atoms with Gasteiger partial charge in [0, 0.05) is 0 Å². The number of aromatic nitrogens is 3. The summed E-state index contributed by atoms with van der Waals surface area (Å²) in [5.41, 5.74) is 6.46. The molecule has 2 rings (SSSR count). The molecule has 0 aliphatic heterocycles. The number of rotatable bonds is 1. The lowest BCUT2D eigenvalue weighted by Gasteiger charge is -2.01. The molecule has 0 atom stereocenters. The second-order valence-corrected chi connectivity index (χ2v) is 3.05. The van der Waals surface area contributed by atoms with Gasteiger partial charge >= 0.3 is 0 Å². The van der Waals surface area contributed by atoms with Gasteiger partial charge in [-0.3, -0.25) is 0 Å². The van der Waals surface area contributed by atoms with Crippen LogP contribution in [0.15, 0.2) is 12.1 Å². The zero-order chi connectivity index (χ0) is 10.1. The zero-order valence-corrected chi connectivity index (χ0v) is 7.79. The average Bonchev–Trinajstić information content (AvgIpc) is 2.19. The lowest BCUT2D eigenvalue weighted by molar-refractivity contribution is 0.467. The summed E-state index contributed by atoms with van der Waals surface area (Å²) < 4.78 is 12.3. The number of nitrogens with two attached hydrogens (primary N) is 1. The fraction of sp³-hybridized carbons (Fsp3) is 0.125. The predicted octanol–water partition coefficient (Wildman–Crippen LogP) is 1.73. The van der Waals surface area contributed by atoms with E-state index in [1.165, 1.54) is 0 Å². The Morgan fingerprint density at radius 2 is 2.07 bits per heavy atom. The molecule has 14 heavy (non-hydrogen) atoms. The van der Waals surface area contributed by atoms with Crippen molar-refractivity contribution < 1.29 is 4.39 Å². The van der Waals surface area contributed by atoms with Gasteiger partial charge in [0.25, 0.3) is 0 Å². The lowest BCUT2D eigenvalue weighted by atomic mass is 10.3. The minimum Gasteiger partial charge on any atom is -0.382 e. The largest absolute Gasteiger partial charge is 0.382 e. The van der Waals surface area contributed by atoms with E-state index < -0.39 is 6.67 Å². The van der Waals surface area contributed by atoms with Gasteiger partial charge in [-0.2, -0.15) is 0 Å². The molecule has 2 heterocycles. The first-order chi connectivity index (χ1) is 6.70. The Morgan fingerprint density at radius 1 is 1.29 bits per heavy atom. The Kier molecular flexibility index (Phi) is 2.17. The number of alkyl halides is 1. The van der Waals surface area contributed by atoms with E-state index in [0.29, 0.717) is 16.2 Å². The highest BCUT2D eigenvalue weighted by atomic mass is 35.5. The van der Waals surface area contributed by atoms with E-state index >= 15 is 0 Å². The maximum Gasteiger partial charge on any atom is 0.162 e. The van der Waals surface area contributed by atoms with Gasteiger partial charge in [0.1, 0.15) is 17.3 Å². The summed E-state index contributed by atoms with van der Waals surface area (Å²) in [5.74, 6) is 0.198. The van der Waals surface area contributed by atoms with Crippen LogP contribution in [0.3, 0.4) is 0 Å². The Hall–Kier alpha value is -1.49. The second kappa shape index (κ2) is 3.34. The van der Waals surface area contributed by atoms with E-state index in [1.807, 2.05) is 0 Å². The number of pyridine rings is 1. The topological polar surface area (TPSA) is 64.7 Å². The number of anilines is 1. The van der Waals surface area contributed by atoms with E-state index in [1.54, 1.807) is 12.1 Å². The third kappa shape index (κ3) is 1.46. The Balaban J connectivity index is 2.76. The van der Waals surface area contributed by atoms with E-state index in [-0.39, 0.29) is 11.6 Å². The van der Waals surface area contributed by atoms with Crippen LogP contribution in [0.4, 0.5) is 10.2 Å². The molecule has 2 aromatic rings. The molecule has 0 bridgehead atoms. The molecular weight excluding hydrogens is 207 g/mol. The van der Waals surface area contributed by atoms with Gasteiger partial charge < -0.3 is 5.73 Å². The molecule has 0 saturated carbocycles. The molecule has 0 aliphatic carbocycles. The summed E-state index contributed by atoms with van der Waals surface area (Å²) in [6.07, 6.45) is 0. The number of nitrogen functional groups attached to an aromatic ring is 1. The molecule has 0 spiro atoms. The Labute approximate surface area is 83.9 Å². The van der Waals surface area contributed by atoms with Crippen molar-refractivity contribution in [3.63, 3.8) is 0 Å². The van der Waals surface area contributed by atoms with Gasteiger partial charge in [-0.15, -0.1) is 0 Å². The van der Waals surface area contributed by atoms with E-state index in [0.717, 1.165) is 0 Å². The monoisotopic (exact) mass is 212 g/mol. The number of hydrogen-bond acceptors (Lipinski definition) is 4. The van der Waals surface area contributed by atoms with Crippen molar-refractivity contribution in [1.82, 2.24) is 15.0 Å². The Bertz CT molecular complexity index is 488. The summed E-state index contributed by atoms with van der Waals surface area (Å²) in [4.78, 5) is 11.6. The molecule has 0 aromatic carbocycles. The van der Waals surface area contributed by atoms with Crippen molar-refractivity contribution in [3.8, 4) is 0 Å². The minimum absolute atomic E-state index is 0.0547. The average molecular weight is 213 g/mol. The van der Waals surface area contributed by atoms with Gasteiger partial charge in [0.15, 0.2) is 11.6 Å². The highest BCUT2D eigenvalue weighted by Crippen LogP contribution is 2.18. The Morgan fingerprint density at radius 3 is 2.79 bits per heavy atom. The van der Waals surface area contributed by atoms with Gasteiger partial charge in [-0.05, 0) is 12.1 Å². The molecule has 0 unspecified atom stereocenters. The van der Waals surface area contributed by atoms with Crippen molar-refractivity contribution in [1.29, 1.82) is 0 Å². The first-order valence-corrected chi connectivity index (χ1v) is 4.23. The standard InChI is InChI=1S/C8H6ClFN4/c9-5-2-1-4-7(13-5)8(11)14-6(3-10)12-4/h1-2H,3H2,(H2,11,12,14). The summed E-state index contributed by atoms with van der Waals surface area (Å²) in [6, 6.07) is 3.19. The number of hydrogen-bond donors (Lipinski definition) is 1.